The summed E-state index contributed by atoms with van der Waals surface area (Å²) >= 11 is 0. The smallest absolute Gasteiger partial charge is 0.157 e. The van der Waals surface area contributed by atoms with E-state index in [1.165, 1.54) is 5.57 Å². The molecule has 34 heavy (non-hydrogen) atoms. The van der Waals surface area contributed by atoms with Gasteiger partial charge in [0.1, 0.15) is 17.2 Å². The summed E-state index contributed by atoms with van der Waals surface area (Å²) < 4.78 is 0. The van der Waals surface area contributed by atoms with E-state index in [4.69, 9.17) is 0 Å². The van der Waals surface area contributed by atoms with Crippen molar-refractivity contribution < 1.29 is 30.0 Å². The molecule has 188 valence electrons. The fraction of sp³-hybridized carbons (Fsp3) is 0.643. The van der Waals surface area contributed by atoms with E-state index in [9.17, 15) is 30.0 Å². The van der Waals surface area contributed by atoms with Crippen LogP contribution in [0.5, 0.6) is 17.2 Å². The van der Waals surface area contributed by atoms with Gasteiger partial charge in [-0.05, 0) is 87.4 Å². The Kier molecular flexibility index (Phi) is 7.24. The number of hydrogen-bond donors (Lipinski definition) is 4. The first-order valence-corrected chi connectivity index (χ1v) is 12.4. The van der Waals surface area contributed by atoms with Crippen molar-refractivity contribution in [1.82, 2.24) is 0 Å². The molecular weight excluding hydrogens is 432 g/mol. The molecule has 4 N–H and O–H groups in total. The van der Waals surface area contributed by atoms with Crippen molar-refractivity contribution in [1.29, 1.82) is 0 Å². The third-order valence-electron chi connectivity index (χ3n) is 8.81. The highest BCUT2D eigenvalue weighted by atomic mass is 16.3. The average molecular weight is 473 g/mol. The summed E-state index contributed by atoms with van der Waals surface area (Å²) in [4.78, 5) is 23.4. The van der Waals surface area contributed by atoms with Crippen molar-refractivity contribution in [2.75, 3.05) is 0 Å². The summed E-state index contributed by atoms with van der Waals surface area (Å²) in [5.74, 6) is -1.31. The Bertz CT molecular complexity index is 937. The molecule has 1 aromatic carbocycles. The largest absolute Gasteiger partial charge is 0.507 e. The molecule has 1 aromatic rings. The van der Waals surface area contributed by atoms with E-state index < -0.39 is 22.8 Å². The Hall–Kier alpha value is -2.34. The Balaban J connectivity index is 2.17. The first-order chi connectivity index (χ1) is 15.8. The number of allylic oxidation sites excluding steroid dienone is 1. The van der Waals surface area contributed by atoms with Crippen LogP contribution in [0.2, 0.25) is 0 Å². The van der Waals surface area contributed by atoms with Gasteiger partial charge in [0.2, 0.25) is 0 Å². The molecule has 0 radical (unpaired) electrons. The van der Waals surface area contributed by atoms with Crippen molar-refractivity contribution >= 4 is 12.6 Å². The molecule has 6 heteroatoms. The van der Waals surface area contributed by atoms with Gasteiger partial charge in [0.25, 0.3) is 0 Å². The normalized spacial score (nSPS) is 28.4. The predicted molar refractivity (Wildman–Crippen MR) is 132 cm³/mol. The van der Waals surface area contributed by atoms with Crippen LogP contribution in [0.4, 0.5) is 0 Å². The second-order valence-electron chi connectivity index (χ2n) is 11.7. The van der Waals surface area contributed by atoms with Gasteiger partial charge >= 0.3 is 0 Å². The average Bonchev–Trinajstić information content (AvgIpc) is 2.72. The highest BCUT2D eigenvalue weighted by molar-refractivity contribution is 5.95. The number of fused-ring (bicyclic) bond motifs is 1. The lowest BCUT2D eigenvalue weighted by atomic mass is 9.48. The number of phenolic OH excluding ortho intramolecular Hbond substituents is 3. The van der Waals surface area contributed by atoms with E-state index in [0.717, 1.165) is 32.1 Å². The minimum atomic E-state index is -0.781. The van der Waals surface area contributed by atoms with E-state index in [2.05, 4.69) is 27.4 Å². The standard InChI is InChI=1S/C28H40O6/c1-15(2)11-18(23-25(32)19(13-29)24(31)20(14-30)26(23)33)21-8-7-16(3)22-12-17(27(4,5)34)9-10-28(21,22)6/h13-15,17-18,21-22,31-34H,3,7-12H2,1-2,4-6H3/t17?,18?,21?,22?,28-/m0/s1. The Labute approximate surface area is 202 Å². The number of rotatable bonds is 7. The maximum absolute atomic E-state index is 11.7. The molecule has 6 nitrogen and oxygen atoms in total. The van der Waals surface area contributed by atoms with Crippen LogP contribution >= 0.6 is 0 Å². The van der Waals surface area contributed by atoms with Gasteiger partial charge in [0, 0.05) is 5.56 Å². The molecule has 0 bridgehead atoms. The van der Waals surface area contributed by atoms with E-state index in [-0.39, 0.29) is 51.7 Å². The van der Waals surface area contributed by atoms with Gasteiger partial charge in [-0.25, -0.2) is 0 Å². The van der Waals surface area contributed by atoms with Crippen LogP contribution in [0.1, 0.15) is 105 Å². The Morgan fingerprint density at radius 1 is 1.06 bits per heavy atom. The monoisotopic (exact) mass is 472 g/mol. The van der Waals surface area contributed by atoms with Crippen molar-refractivity contribution in [3.8, 4) is 17.2 Å². The first-order valence-electron chi connectivity index (χ1n) is 12.4. The molecular formula is C28H40O6. The quantitative estimate of drug-likeness (QED) is 0.298. The number of aromatic hydroxyl groups is 3. The zero-order valence-corrected chi connectivity index (χ0v) is 21.1. The molecule has 0 aromatic heterocycles. The SMILES string of the molecule is C=C1CCC(C(CC(C)C)c2c(O)c(C=O)c(O)c(C=O)c2O)[C@]2(C)CCC(C(C)(C)O)CC12. The molecule has 4 unspecified atom stereocenters. The molecule has 2 fully saturated rings. The van der Waals surface area contributed by atoms with Crippen LogP contribution in [0.15, 0.2) is 12.2 Å². The van der Waals surface area contributed by atoms with Gasteiger partial charge in [-0.1, -0.05) is 32.9 Å². The van der Waals surface area contributed by atoms with Gasteiger partial charge in [-0.3, -0.25) is 9.59 Å². The number of aldehydes is 2. The minimum absolute atomic E-state index is 0.0495. The van der Waals surface area contributed by atoms with Gasteiger partial charge < -0.3 is 20.4 Å². The molecule has 2 saturated carbocycles. The van der Waals surface area contributed by atoms with Crippen LogP contribution in [-0.4, -0.2) is 38.6 Å². The third-order valence-corrected chi connectivity index (χ3v) is 8.81. The highest BCUT2D eigenvalue weighted by Crippen LogP contribution is 2.63. The molecule has 2 aliphatic carbocycles. The van der Waals surface area contributed by atoms with E-state index >= 15 is 0 Å². The molecule has 0 aliphatic heterocycles. The zero-order chi connectivity index (χ0) is 25.6. The first kappa shape index (κ1) is 26.3. The second-order valence-corrected chi connectivity index (χ2v) is 11.7. The van der Waals surface area contributed by atoms with E-state index in [0.29, 0.717) is 19.0 Å². The number of aliphatic hydroxyl groups is 1. The lowest BCUT2D eigenvalue weighted by molar-refractivity contribution is -0.0652. The molecule has 0 heterocycles. The van der Waals surface area contributed by atoms with Gasteiger partial charge in [-0.2, -0.15) is 0 Å². The minimum Gasteiger partial charge on any atom is -0.507 e. The topological polar surface area (TPSA) is 115 Å². The van der Waals surface area contributed by atoms with Crippen molar-refractivity contribution in [3.05, 3.63) is 28.8 Å². The molecule has 0 spiro atoms. The van der Waals surface area contributed by atoms with Crippen LogP contribution in [-0.2, 0) is 0 Å². The number of carbonyl (C=O) groups excluding carboxylic acids is 2. The van der Waals surface area contributed by atoms with E-state index in [1.807, 2.05) is 13.8 Å². The molecule has 2 aliphatic rings. The molecule has 3 rings (SSSR count). The summed E-state index contributed by atoms with van der Waals surface area (Å²) in [6.07, 6.45) is 5.46. The van der Waals surface area contributed by atoms with Crippen molar-refractivity contribution in [3.63, 3.8) is 0 Å². The number of phenols is 3. The zero-order valence-electron chi connectivity index (χ0n) is 21.1. The fourth-order valence-corrected chi connectivity index (χ4v) is 6.89. The maximum Gasteiger partial charge on any atom is 0.157 e. The summed E-state index contributed by atoms with van der Waals surface area (Å²) in [5.41, 5.74) is -0.338. The summed E-state index contributed by atoms with van der Waals surface area (Å²) in [6, 6.07) is 0. The molecule has 5 atom stereocenters. The molecule has 0 saturated heterocycles. The van der Waals surface area contributed by atoms with Gasteiger partial charge in [-0.15, -0.1) is 0 Å². The van der Waals surface area contributed by atoms with Crippen LogP contribution < -0.4 is 0 Å². The van der Waals surface area contributed by atoms with Crippen molar-refractivity contribution in [2.45, 2.75) is 84.7 Å². The Morgan fingerprint density at radius 2 is 1.62 bits per heavy atom. The number of benzene rings is 1. The maximum atomic E-state index is 11.7. The summed E-state index contributed by atoms with van der Waals surface area (Å²) in [5, 5.41) is 43.1. The van der Waals surface area contributed by atoms with Crippen molar-refractivity contribution in [2.24, 2.45) is 29.1 Å². The third kappa shape index (κ3) is 4.37. The van der Waals surface area contributed by atoms with Crippen LogP contribution in [0.3, 0.4) is 0 Å². The molecule has 0 amide bonds. The van der Waals surface area contributed by atoms with Crippen LogP contribution in [0, 0.1) is 29.1 Å². The summed E-state index contributed by atoms with van der Waals surface area (Å²) in [7, 11) is 0. The lowest BCUT2D eigenvalue weighted by Crippen LogP contribution is -2.49. The highest BCUT2D eigenvalue weighted by Gasteiger charge is 2.53. The predicted octanol–water partition coefficient (Wildman–Crippen LogP) is 5.72. The number of carbonyl (C=O) groups is 2. The van der Waals surface area contributed by atoms with Gasteiger partial charge in [0.05, 0.1) is 16.7 Å². The van der Waals surface area contributed by atoms with Gasteiger partial charge in [0.15, 0.2) is 12.6 Å². The second kappa shape index (κ2) is 9.37. The number of hydrogen-bond acceptors (Lipinski definition) is 6. The van der Waals surface area contributed by atoms with Crippen LogP contribution in [0.25, 0.3) is 0 Å². The Morgan fingerprint density at radius 3 is 2.09 bits per heavy atom. The summed E-state index contributed by atoms with van der Waals surface area (Å²) in [6.45, 7) is 14.5. The fourth-order valence-electron chi connectivity index (χ4n) is 6.89. The van der Waals surface area contributed by atoms with E-state index in [1.54, 1.807) is 0 Å². The lowest BCUT2D eigenvalue weighted by Gasteiger charge is -2.57.